The number of pyridine rings is 1. The van der Waals surface area contributed by atoms with Gasteiger partial charge in [-0.1, -0.05) is 6.07 Å². The SMILES string of the molecule is O=C(CCNC(=O)C12CC3CC(CC(C3)C1)C2)NNC(=O)c1ccccn1. The minimum atomic E-state index is -0.471. The van der Waals surface area contributed by atoms with Crippen molar-refractivity contribution in [1.29, 1.82) is 0 Å². The monoisotopic (exact) mass is 370 g/mol. The number of hydrazine groups is 1. The molecule has 1 aromatic heterocycles. The average Bonchev–Trinajstić information content (AvgIpc) is 2.65. The predicted octanol–water partition coefficient (Wildman–Crippen LogP) is 1.57. The molecule has 3 amide bonds. The summed E-state index contributed by atoms with van der Waals surface area (Å²) in [6, 6.07) is 4.97. The molecule has 7 nitrogen and oxygen atoms in total. The van der Waals surface area contributed by atoms with Crippen molar-refractivity contribution in [1.82, 2.24) is 21.2 Å². The van der Waals surface area contributed by atoms with E-state index < -0.39 is 5.91 Å². The summed E-state index contributed by atoms with van der Waals surface area (Å²) in [6.07, 6.45) is 8.56. The van der Waals surface area contributed by atoms with Crippen molar-refractivity contribution in [3.8, 4) is 0 Å². The zero-order valence-corrected chi connectivity index (χ0v) is 15.4. The number of rotatable bonds is 5. The lowest BCUT2D eigenvalue weighted by atomic mass is 9.49. The summed E-state index contributed by atoms with van der Waals surface area (Å²) >= 11 is 0. The van der Waals surface area contributed by atoms with Gasteiger partial charge in [-0.2, -0.15) is 0 Å². The van der Waals surface area contributed by atoms with Crippen molar-refractivity contribution in [2.45, 2.75) is 44.9 Å². The van der Waals surface area contributed by atoms with Gasteiger partial charge in [0.15, 0.2) is 0 Å². The van der Waals surface area contributed by atoms with Crippen LogP contribution in [0.15, 0.2) is 24.4 Å². The molecule has 0 spiro atoms. The smallest absolute Gasteiger partial charge is 0.288 e. The van der Waals surface area contributed by atoms with Crippen LogP contribution in [0.25, 0.3) is 0 Å². The van der Waals surface area contributed by atoms with Crippen molar-refractivity contribution in [2.75, 3.05) is 6.54 Å². The van der Waals surface area contributed by atoms with Gasteiger partial charge in [-0.25, -0.2) is 0 Å². The van der Waals surface area contributed by atoms with Gasteiger partial charge in [-0.15, -0.1) is 0 Å². The Morgan fingerprint density at radius 3 is 2.26 bits per heavy atom. The summed E-state index contributed by atoms with van der Waals surface area (Å²) in [6.45, 7) is 0.284. The highest BCUT2D eigenvalue weighted by molar-refractivity contribution is 5.93. The van der Waals surface area contributed by atoms with Gasteiger partial charge in [0, 0.05) is 24.6 Å². The van der Waals surface area contributed by atoms with Crippen molar-refractivity contribution in [2.24, 2.45) is 23.2 Å². The number of carbonyl (C=O) groups excluding carboxylic acids is 3. The first-order valence-electron chi connectivity index (χ1n) is 9.82. The lowest BCUT2D eigenvalue weighted by Gasteiger charge is -2.55. The zero-order valence-electron chi connectivity index (χ0n) is 15.4. The summed E-state index contributed by atoms with van der Waals surface area (Å²) in [5.74, 6) is 1.45. The number of aromatic nitrogens is 1. The normalized spacial score (nSPS) is 30.6. The molecule has 3 N–H and O–H groups in total. The number of hydrogen-bond donors (Lipinski definition) is 3. The zero-order chi connectivity index (χ0) is 18.9. The molecule has 4 fully saturated rings. The first-order chi connectivity index (χ1) is 13.0. The van der Waals surface area contributed by atoms with Gasteiger partial charge in [0.1, 0.15) is 5.69 Å². The number of carbonyl (C=O) groups is 3. The van der Waals surface area contributed by atoms with Crippen LogP contribution in [-0.4, -0.2) is 29.3 Å². The van der Waals surface area contributed by atoms with E-state index in [4.69, 9.17) is 0 Å². The number of hydrogen-bond acceptors (Lipinski definition) is 4. The molecular formula is C20H26N4O3. The Bertz CT molecular complexity index is 699. The molecule has 27 heavy (non-hydrogen) atoms. The van der Waals surface area contributed by atoms with Gasteiger partial charge < -0.3 is 5.32 Å². The van der Waals surface area contributed by atoms with Crippen LogP contribution in [-0.2, 0) is 9.59 Å². The standard InChI is InChI=1S/C20H26N4O3/c25-17(23-24-18(26)16-3-1-2-5-21-16)4-6-22-19(27)20-10-13-7-14(11-20)9-15(8-13)12-20/h1-3,5,13-15H,4,6-12H2,(H,22,27)(H,23,25)(H,24,26). The first-order valence-corrected chi connectivity index (χ1v) is 9.82. The van der Waals surface area contributed by atoms with Crippen LogP contribution >= 0.6 is 0 Å². The van der Waals surface area contributed by atoms with E-state index in [0.717, 1.165) is 19.3 Å². The second-order valence-electron chi connectivity index (χ2n) is 8.42. The Balaban J connectivity index is 1.20. The van der Waals surface area contributed by atoms with Gasteiger partial charge in [0.2, 0.25) is 11.8 Å². The topological polar surface area (TPSA) is 100 Å². The van der Waals surface area contributed by atoms with Gasteiger partial charge in [0.25, 0.3) is 5.91 Å². The fraction of sp³-hybridized carbons (Fsp3) is 0.600. The fourth-order valence-electron chi connectivity index (χ4n) is 5.62. The Hall–Kier alpha value is -2.44. The van der Waals surface area contributed by atoms with Crippen LogP contribution < -0.4 is 16.2 Å². The van der Waals surface area contributed by atoms with E-state index in [0.29, 0.717) is 17.8 Å². The van der Waals surface area contributed by atoms with Gasteiger partial charge in [0.05, 0.1) is 0 Å². The highest BCUT2D eigenvalue weighted by Crippen LogP contribution is 2.60. The highest BCUT2D eigenvalue weighted by atomic mass is 16.2. The van der Waals surface area contributed by atoms with Crippen LogP contribution in [0.2, 0.25) is 0 Å². The maximum Gasteiger partial charge on any atom is 0.288 e. The molecule has 0 saturated heterocycles. The van der Waals surface area contributed by atoms with Crippen molar-refractivity contribution >= 4 is 17.7 Å². The van der Waals surface area contributed by atoms with Crippen molar-refractivity contribution in [3.63, 3.8) is 0 Å². The molecule has 0 aromatic carbocycles. The minimum absolute atomic E-state index is 0.118. The number of nitrogens with one attached hydrogen (secondary N) is 3. The molecule has 144 valence electrons. The van der Waals surface area contributed by atoms with Crippen LogP contribution in [0.3, 0.4) is 0 Å². The average molecular weight is 370 g/mol. The first kappa shape index (κ1) is 17.9. The lowest BCUT2D eigenvalue weighted by Crippen LogP contribution is -2.54. The van der Waals surface area contributed by atoms with E-state index in [1.807, 2.05) is 0 Å². The molecule has 0 unspecified atom stereocenters. The molecule has 4 aliphatic carbocycles. The second-order valence-corrected chi connectivity index (χ2v) is 8.42. The maximum atomic E-state index is 12.8. The lowest BCUT2D eigenvalue weighted by molar-refractivity contribution is -0.146. The molecule has 5 rings (SSSR count). The molecule has 0 atom stereocenters. The third-order valence-electron chi connectivity index (χ3n) is 6.37. The molecule has 4 bridgehead atoms. The van der Waals surface area contributed by atoms with Crippen LogP contribution in [0.1, 0.15) is 55.4 Å². The molecule has 1 aromatic rings. The Morgan fingerprint density at radius 1 is 1.00 bits per heavy atom. The second kappa shape index (κ2) is 7.29. The third kappa shape index (κ3) is 3.82. The molecule has 0 radical (unpaired) electrons. The van der Waals surface area contributed by atoms with Crippen molar-refractivity contribution < 1.29 is 14.4 Å². The summed E-state index contributed by atoms with van der Waals surface area (Å²) in [5.41, 5.74) is 4.73. The molecule has 1 heterocycles. The highest BCUT2D eigenvalue weighted by Gasteiger charge is 2.54. The van der Waals surface area contributed by atoms with Crippen LogP contribution in [0.4, 0.5) is 0 Å². The van der Waals surface area contributed by atoms with Gasteiger partial charge in [-0.3, -0.25) is 30.2 Å². The number of amides is 3. The van der Waals surface area contributed by atoms with Crippen LogP contribution in [0, 0.1) is 23.2 Å². The maximum absolute atomic E-state index is 12.8. The summed E-state index contributed by atoms with van der Waals surface area (Å²) in [4.78, 5) is 40.5. The van der Waals surface area contributed by atoms with Crippen molar-refractivity contribution in [3.05, 3.63) is 30.1 Å². The molecule has 7 heteroatoms. The molecule has 4 aliphatic rings. The molecule has 0 aliphatic heterocycles. The predicted molar refractivity (Wildman–Crippen MR) is 98.1 cm³/mol. The van der Waals surface area contributed by atoms with E-state index in [2.05, 4.69) is 21.2 Å². The third-order valence-corrected chi connectivity index (χ3v) is 6.37. The summed E-state index contributed by atoms with van der Waals surface area (Å²) in [7, 11) is 0. The minimum Gasteiger partial charge on any atom is -0.355 e. The summed E-state index contributed by atoms with van der Waals surface area (Å²) < 4.78 is 0. The van der Waals surface area contributed by atoms with Gasteiger partial charge >= 0.3 is 0 Å². The Morgan fingerprint density at radius 2 is 1.67 bits per heavy atom. The molecule has 4 saturated carbocycles. The van der Waals surface area contributed by atoms with E-state index in [1.165, 1.54) is 25.5 Å². The molecular weight excluding hydrogens is 344 g/mol. The fourth-order valence-corrected chi connectivity index (χ4v) is 5.62. The Kier molecular flexibility index (Phi) is 4.85. The summed E-state index contributed by atoms with van der Waals surface area (Å²) in [5, 5.41) is 2.97. The van der Waals surface area contributed by atoms with E-state index >= 15 is 0 Å². The number of nitrogens with zero attached hydrogens (tertiary/aromatic N) is 1. The van der Waals surface area contributed by atoms with Gasteiger partial charge in [-0.05, 0) is 68.4 Å². The van der Waals surface area contributed by atoms with E-state index in [-0.39, 0.29) is 35.9 Å². The quantitative estimate of drug-likeness (QED) is 0.685. The van der Waals surface area contributed by atoms with Crippen LogP contribution in [0.5, 0.6) is 0 Å². The largest absolute Gasteiger partial charge is 0.355 e. The Labute approximate surface area is 158 Å². The van der Waals surface area contributed by atoms with E-state index in [1.54, 1.807) is 18.2 Å². The van der Waals surface area contributed by atoms with E-state index in [9.17, 15) is 14.4 Å².